The van der Waals surface area contributed by atoms with Crippen molar-refractivity contribution < 1.29 is 28.6 Å². The van der Waals surface area contributed by atoms with E-state index in [2.05, 4.69) is 5.32 Å². The Kier molecular flexibility index (Phi) is 6.53. The summed E-state index contributed by atoms with van der Waals surface area (Å²) in [6, 6.07) is 11.5. The number of ether oxygens (including phenoxy) is 3. The fourth-order valence-corrected chi connectivity index (χ4v) is 3.17. The Morgan fingerprint density at radius 1 is 1.10 bits per heavy atom. The maximum absolute atomic E-state index is 12.6. The first kappa shape index (κ1) is 21.1. The number of methoxy groups -OCH3 is 2. The van der Waals surface area contributed by atoms with E-state index in [1.807, 2.05) is 6.07 Å². The number of amides is 3. The molecule has 0 radical (unpaired) electrons. The molecule has 1 saturated heterocycles. The van der Waals surface area contributed by atoms with Crippen LogP contribution in [0.2, 0.25) is 0 Å². The molecule has 1 aliphatic rings. The quantitative estimate of drug-likeness (QED) is 0.714. The van der Waals surface area contributed by atoms with Gasteiger partial charge in [0.1, 0.15) is 6.10 Å². The molecular weight excluding hydrogens is 390 g/mol. The SMILES string of the molecule is COc1ccc(C2CN(C(=O)C(=O)Nc3cccc(C(N)=O)c3)CCO2)cc1OC. The first-order valence-electron chi connectivity index (χ1n) is 9.26. The predicted octanol–water partition coefficient (Wildman–Crippen LogP) is 1.34. The van der Waals surface area contributed by atoms with Crippen LogP contribution in [-0.2, 0) is 14.3 Å². The molecule has 0 aliphatic carbocycles. The highest BCUT2D eigenvalue weighted by atomic mass is 16.5. The highest BCUT2D eigenvalue weighted by Gasteiger charge is 2.29. The monoisotopic (exact) mass is 413 g/mol. The van der Waals surface area contributed by atoms with Gasteiger partial charge < -0.3 is 30.2 Å². The van der Waals surface area contributed by atoms with E-state index in [-0.39, 0.29) is 25.3 Å². The number of primary amides is 1. The molecule has 9 nitrogen and oxygen atoms in total. The van der Waals surface area contributed by atoms with Gasteiger partial charge in [0.2, 0.25) is 5.91 Å². The molecule has 1 unspecified atom stereocenters. The first-order valence-corrected chi connectivity index (χ1v) is 9.26. The molecule has 3 rings (SSSR count). The molecular formula is C21H23N3O6. The first-order chi connectivity index (χ1) is 14.4. The Labute approximate surface area is 173 Å². The van der Waals surface area contributed by atoms with E-state index in [9.17, 15) is 14.4 Å². The molecule has 158 valence electrons. The van der Waals surface area contributed by atoms with Gasteiger partial charge in [0.15, 0.2) is 11.5 Å². The summed E-state index contributed by atoms with van der Waals surface area (Å²) in [7, 11) is 3.09. The summed E-state index contributed by atoms with van der Waals surface area (Å²) in [4.78, 5) is 37.8. The lowest BCUT2D eigenvalue weighted by Crippen LogP contribution is -2.46. The molecule has 1 heterocycles. The Morgan fingerprint density at radius 2 is 1.87 bits per heavy atom. The number of rotatable bonds is 5. The van der Waals surface area contributed by atoms with E-state index in [4.69, 9.17) is 19.9 Å². The summed E-state index contributed by atoms with van der Waals surface area (Å²) in [6.07, 6.45) is -0.409. The van der Waals surface area contributed by atoms with Gasteiger partial charge in [0.25, 0.3) is 0 Å². The molecule has 30 heavy (non-hydrogen) atoms. The van der Waals surface area contributed by atoms with E-state index in [0.29, 0.717) is 17.2 Å². The number of benzene rings is 2. The van der Waals surface area contributed by atoms with E-state index < -0.39 is 23.8 Å². The number of carbonyl (C=O) groups excluding carboxylic acids is 3. The van der Waals surface area contributed by atoms with Crippen molar-refractivity contribution in [1.82, 2.24) is 4.90 Å². The van der Waals surface area contributed by atoms with E-state index in [1.54, 1.807) is 31.4 Å². The second-order valence-corrected chi connectivity index (χ2v) is 6.62. The third-order valence-electron chi connectivity index (χ3n) is 4.73. The smallest absolute Gasteiger partial charge is 0.313 e. The van der Waals surface area contributed by atoms with Crippen LogP contribution in [0.25, 0.3) is 0 Å². The van der Waals surface area contributed by atoms with Gasteiger partial charge in [-0.05, 0) is 35.9 Å². The molecule has 0 saturated carbocycles. The van der Waals surface area contributed by atoms with Crippen molar-refractivity contribution in [3.63, 3.8) is 0 Å². The second kappa shape index (κ2) is 9.27. The average Bonchev–Trinajstić information content (AvgIpc) is 2.78. The van der Waals surface area contributed by atoms with Gasteiger partial charge in [0.05, 0.1) is 27.4 Å². The largest absolute Gasteiger partial charge is 0.493 e. The molecule has 1 fully saturated rings. The summed E-state index contributed by atoms with van der Waals surface area (Å²) >= 11 is 0. The summed E-state index contributed by atoms with van der Waals surface area (Å²) in [5, 5.41) is 2.51. The molecule has 2 aromatic carbocycles. The second-order valence-electron chi connectivity index (χ2n) is 6.62. The van der Waals surface area contributed by atoms with Crippen LogP contribution in [0.4, 0.5) is 5.69 Å². The Balaban J connectivity index is 1.69. The molecule has 3 amide bonds. The fourth-order valence-electron chi connectivity index (χ4n) is 3.17. The number of hydrogen-bond acceptors (Lipinski definition) is 6. The van der Waals surface area contributed by atoms with Gasteiger partial charge in [-0.3, -0.25) is 14.4 Å². The Hall–Kier alpha value is -3.59. The van der Waals surface area contributed by atoms with Crippen molar-refractivity contribution in [2.45, 2.75) is 6.10 Å². The number of nitrogens with one attached hydrogen (secondary N) is 1. The number of morpholine rings is 1. The standard InChI is InChI=1S/C21H23N3O6/c1-28-16-7-6-13(11-17(16)29-2)18-12-24(8-9-30-18)21(27)20(26)23-15-5-3-4-14(10-15)19(22)25/h3-7,10-11,18H,8-9,12H2,1-2H3,(H2,22,25)(H,23,26). The van der Waals surface area contributed by atoms with Crippen LogP contribution in [0.5, 0.6) is 11.5 Å². The predicted molar refractivity (Wildman–Crippen MR) is 108 cm³/mol. The normalized spacial score (nSPS) is 15.9. The number of carbonyl (C=O) groups is 3. The number of nitrogens with two attached hydrogens (primary N) is 1. The van der Waals surface area contributed by atoms with Gasteiger partial charge in [-0.1, -0.05) is 12.1 Å². The number of anilines is 1. The molecule has 0 aromatic heterocycles. The molecule has 2 aromatic rings. The number of nitrogens with zero attached hydrogens (tertiary/aromatic N) is 1. The third-order valence-corrected chi connectivity index (χ3v) is 4.73. The van der Waals surface area contributed by atoms with Crippen LogP contribution in [-0.4, -0.2) is 56.5 Å². The van der Waals surface area contributed by atoms with Crippen molar-refractivity contribution in [1.29, 1.82) is 0 Å². The summed E-state index contributed by atoms with van der Waals surface area (Å²) < 4.78 is 16.3. The lowest BCUT2D eigenvalue weighted by Gasteiger charge is -2.33. The van der Waals surface area contributed by atoms with Crippen molar-refractivity contribution in [2.75, 3.05) is 39.2 Å². The van der Waals surface area contributed by atoms with Gasteiger partial charge in [-0.2, -0.15) is 0 Å². The van der Waals surface area contributed by atoms with Crippen LogP contribution in [0.3, 0.4) is 0 Å². The van der Waals surface area contributed by atoms with Crippen LogP contribution in [0.15, 0.2) is 42.5 Å². The van der Waals surface area contributed by atoms with Gasteiger partial charge >= 0.3 is 11.8 Å². The molecule has 1 aliphatic heterocycles. The zero-order valence-corrected chi connectivity index (χ0v) is 16.7. The minimum Gasteiger partial charge on any atom is -0.493 e. The summed E-state index contributed by atoms with van der Waals surface area (Å²) in [5.74, 6) is -0.974. The van der Waals surface area contributed by atoms with Crippen LogP contribution < -0.4 is 20.5 Å². The van der Waals surface area contributed by atoms with Crippen molar-refractivity contribution >= 4 is 23.4 Å². The topological polar surface area (TPSA) is 120 Å². The van der Waals surface area contributed by atoms with Crippen LogP contribution in [0, 0.1) is 0 Å². The molecule has 9 heteroatoms. The number of hydrogen-bond donors (Lipinski definition) is 2. The molecule has 0 bridgehead atoms. The average molecular weight is 413 g/mol. The summed E-state index contributed by atoms with van der Waals surface area (Å²) in [6.45, 7) is 0.787. The molecule has 0 spiro atoms. The lowest BCUT2D eigenvalue weighted by molar-refractivity contribution is -0.148. The maximum Gasteiger partial charge on any atom is 0.313 e. The third kappa shape index (κ3) is 4.69. The maximum atomic E-state index is 12.6. The Morgan fingerprint density at radius 3 is 2.57 bits per heavy atom. The highest BCUT2D eigenvalue weighted by molar-refractivity contribution is 6.39. The van der Waals surface area contributed by atoms with Gasteiger partial charge in [-0.25, -0.2) is 0 Å². The van der Waals surface area contributed by atoms with E-state index in [0.717, 1.165) is 5.56 Å². The minimum absolute atomic E-state index is 0.211. The van der Waals surface area contributed by atoms with Crippen LogP contribution in [0.1, 0.15) is 22.0 Å². The lowest BCUT2D eigenvalue weighted by atomic mass is 10.1. The fraction of sp³-hybridized carbons (Fsp3) is 0.286. The van der Waals surface area contributed by atoms with E-state index in [1.165, 1.54) is 24.1 Å². The van der Waals surface area contributed by atoms with Gasteiger partial charge in [0, 0.05) is 17.8 Å². The zero-order chi connectivity index (χ0) is 21.7. The van der Waals surface area contributed by atoms with Crippen molar-refractivity contribution in [3.05, 3.63) is 53.6 Å². The van der Waals surface area contributed by atoms with Crippen molar-refractivity contribution in [2.24, 2.45) is 5.73 Å². The Bertz CT molecular complexity index is 962. The molecule has 3 N–H and O–H groups in total. The van der Waals surface area contributed by atoms with Crippen molar-refractivity contribution in [3.8, 4) is 11.5 Å². The highest BCUT2D eigenvalue weighted by Crippen LogP contribution is 2.32. The minimum atomic E-state index is -0.801. The van der Waals surface area contributed by atoms with Crippen LogP contribution >= 0.6 is 0 Å². The van der Waals surface area contributed by atoms with E-state index >= 15 is 0 Å². The summed E-state index contributed by atoms with van der Waals surface area (Å²) in [5.41, 5.74) is 6.60. The molecule has 1 atom stereocenters. The van der Waals surface area contributed by atoms with Gasteiger partial charge in [-0.15, -0.1) is 0 Å². The zero-order valence-electron chi connectivity index (χ0n) is 16.7.